The van der Waals surface area contributed by atoms with E-state index in [2.05, 4.69) is 0 Å². The number of hydrogen-bond acceptors (Lipinski definition) is 5. The lowest BCUT2D eigenvalue weighted by molar-refractivity contribution is -0.376. The summed E-state index contributed by atoms with van der Waals surface area (Å²) in [5, 5.41) is 9.82. The number of benzene rings is 2. The molecule has 2 heterocycles. The number of halogens is 9. The van der Waals surface area contributed by atoms with Gasteiger partial charge in [-0.15, -0.1) is 0 Å². The molecule has 2 aromatic rings. The molecule has 0 aliphatic carbocycles. The van der Waals surface area contributed by atoms with E-state index < -0.39 is 112 Å². The molecule has 0 aromatic heterocycles. The third kappa shape index (κ3) is 5.73. The molecule has 2 aliphatic heterocycles. The van der Waals surface area contributed by atoms with Crippen molar-refractivity contribution >= 4 is 27.5 Å². The Morgan fingerprint density at radius 2 is 1.58 bits per heavy atom. The van der Waals surface area contributed by atoms with Gasteiger partial charge in [-0.3, -0.25) is 13.9 Å². The number of likely N-dealkylation sites (tertiary alicyclic amines) is 1. The van der Waals surface area contributed by atoms with Crippen molar-refractivity contribution in [3.05, 3.63) is 59.4 Å². The van der Waals surface area contributed by atoms with Crippen LogP contribution < -0.4 is 10.0 Å². The molecule has 8 nitrogen and oxygen atoms in total. The molecule has 0 saturated carbocycles. The maximum absolute atomic E-state index is 14.0. The normalized spacial score (nSPS) is 21.1. The smallest absolute Gasteiger partial charge is 0.369 e. The maximum atomic E-state index is 14.0. The van der Waals surface area contributed by atoms with Crippen molar-refractivity contribution in [3.63, 3.8) is 0 Å². The van der Waals surface area contributed by atoms with Crippen LogP contribution in [0.1, 0.15) is 30.4 Å². The summed E-state index contributed by atoms with van der Waals surface area (Å²) in [5.74, 6) is -6.70. The number of primary amides is 1. The fourth-order valence-corrected chi connectivity index (χ4v) is 6.95. The molecular formula is C25H22F9N3O5S. The van der Waals surface area contributed by atoms with Crippen molar-refractivity contribution in [3.8, 4) is 0 Å². The van der Waals surface area contributed by atoms with Crippen LogP contribution in [0.2, 0.25) is 0 Å². The average molecular weight is 648 g/mol. The largest absolute Gasteiger partial charge is 0.430 e. The monoisotopic (exact) mass is 647 g/mol. The SMILES string of the molecule is NC(=O)C1CC(F)(F)CN1C(=O)CC1CCc2cc(C(O)(C(F)(F)F)C(F)(F)F)ccc2N1S(=O)(=O)c1ccc(F)cc1. The van der Waals surface area contributed by atoms with E-state index in [1.54, 1.807) is 0 Å². The van der Waals surface area contributed by atoms with Crippen LogP contribution in [-0.2, 0) is 31.6 Å². The van der Waals surface area contributed by atoms with E-state index in [0.29, 0.717) is 21.3 Å². The summed E-state index contributed by atoms with van der Waals surface area (Å²) in [6.07, 6.45) is -15.2. The highest BCUT2D eigenvalue weighted by Crippen LogP contribution is 2.51. The molecule has 18 heteroatoms. The predicted octanol–water partition coefficient (Wildman–Crippen LogP) is 3.76. The highest BCUT2D eigenvalue weighted by atomic mass is 32.2. The minimum atomic E-state index is -6.22. The summed E-state index contributed by atoms with van der Waals surface area (Å²) < 4.78 is 151. The van der Waals surface area contributed by atoms with Gasteiger partial charge in [0, 0.05) is 18.4 Å². The van der Waals surface area contributed by atoms with E-state index >= 15 is 0 Å². The van der Waals surface area contributed by atoms with Gasteiger partial charge in [0.15, 0.2) is 0 Å². The van der Waals surface area contributed by atoms with Crippen LogP contribution in [0.5, 0.6) is 0 Å². The number of aliphatic hydroxyl groups is 1. The third-order valence-corrected chi connectivity index (χ3v) is 9.21. The predicted molar refractivity (Wildman–Crippen MR) is 129 cm³/mol. The van der Waals surface area contributed by atoms with Crippen LogP contribution in [0.25, 0.3) is 0 Å². The first-order valence-electron chi connectivity index (χ1n) is 12.4. The first-order chi connectivity index (χ1) is 19.6. The molecule has 3 N–H and O–H groups in total. The van der Waals surface area contributed by atoms with Gasteiger partial charge in [-0.05, 0) is 48.7 Å². The second-order valence-corrected chi connectivity index (χ2v) is 12.0. The summed E-state index contributed by atoms with van der Waals surface area (Å²) in [6, 6.07) is 1.16. The first-order valence-corrected chi connectivity index (χ1v) is 13.8. The number of aryl methyl sites for hydroxylation is 1. The minimum Gasteiger partial charge on any atom is -0.369 e. The average Bonchev–Trinajstić information content (AvgIpc) is 3.22. The van der Waals surface area contributed by atoms with Gasteiger partial charge in [-0.25, -0.2) is 21.6 Å². The van der Waals surface area contributed by atoms with E-state index in [-0.39, 0.29) is 11.6 Å². The molecule has 2 unspecified atom stereocenters. The van der Waals surface area contributed by atoms with Gasteiger partial charge in [-0.1, -0.05) is 12.1 Å². The Morgan fingerprint density at radius 3 is 2.12 bits per heavy atom. The number of carbonyl (C=O) groups excluding carboxylic acids is 2. The van der Waals surface area contributed by atoms with Gasteiger partial charge >= 0.3 is 12.4 Å². The Balaban J connectivity index is 1.81. The fourth-order valence-electron chi connectivity index (χ4n) is 5.23. The summed E-state index contributed by atoms with van der Waals surface area (Å²) in [6.45, 7) is -1.20. The highest BCUT2D eigenvalue weighted by Gasteiger charge is 2.71. The number of nitrogens with zero attached hydrogens (tertiary/aromatic N) is 2. The number of anilines is 1. The number of fused-ring (bicyclic) bond motifs is 1. The lowest BCUT2D eigenvalue weighted by Gasteiger charge is -2.39. The zero-order valence-electron chi connectivity index (χ0n) is 21.6. The third-order valence-electron chi connectivity index (χ3n) is 7.33. The Morgan fingerprint density at radius 1 is 1.00 bits per heavy atom. The van der Waals surface area contributed by atoms with E-state index in [4.69, 9.17) is 5.73 Å². The Kier molecular flexibility index (Phi) is 7.96. The van der Waals surface area contributed by atoms with Gasteiger partial charge in [0.2, 0.25) is 11.8 Å². The zero-order chi connectivity index (χ0) is 32.3. The lowest BCUT2D eigenvalue weighted by atomic mass is 9.87. The van der Waals surface area contributed by atoms with Crippen molar-refractivity contribution < 1.29 is 62.6 Å². The van der Waals surface area contributed by atoms with Crippen LogP contribution >= 0.6 is 0 Å². The van der Waals surface area contributed by atoms with Crippen molar-refractivity contribution in [2.75, 3.05) is 10.8 Å². The van der Waals surface area contributed by atoms with Crippen LogP contribution in [-0.4, -0.2) is 67.1 Å². The molecule has 0 radical (unpaired) electrons. The second kappa shape index (κ2) is 10.6. The number of hydrogen-bond donors (Lipinski definition) is 2. The van der Waals surface area contributed by atoms with E-state index in [9.17, 15) is 62.6 Å². The first kappa shape index (κ1) is 32.4. The molecular weight excluding hydrogens is 625 g/mol. The number of rotatable bonds is 6. The second-order valence-electron chi connectivity index (χ2n) is 10.2. The fraction of sp³-hybridized carbons (Fsp3) is 0.440. The number of carbonyl (C=O) groups is 2. The summed E-state index contributed by atoms with van der Waals surface area (Å²) in [4.78, 5) is 24.8. The van der Waals surface area contributed by atoms with Gasteiger partial charge in [0.1, 0.15) is 11.9 Å². The highest BCUT2D eigenvalue weighted by molar-refractivity contribution is 7.92. The van der Waals surface area contributed by atoms with Gasteiger partial charge in [0.25, 0.3) is 21.5 Å². The quantitative estimate of drug-likeness (QED) is 0.463. The molecule has 2 aliphatic rings. The Labute approximate surface area is 237 Å². The van der Waals surface area contributed by atoms with Crippen molar-refractivity contribution in [1.82, 2.24) is 4.90 Å². The number of nitrogens with two attached hydrogens (primary N) is 1. The standard InChI is InChI=1S/C25H22F9N3O5S/c26-15-3-6-17(7-4-15)43(41,42)37-16(10-20(38)36-12-22(27,28)11-19(36)21(35)39)5-1-13-9-14(2-8-18(13)37)23(40,24(29,30)31)25(32,33)34/h2-4,6-9,16,19,40H,1,5,10-12H2,(H2,35,39). The van der Waals surface area contributed by atoms with Crippen molar-refractivity contribution in [1.29, 1.82) is 0 Å². The van der Waals surface area contributed by atoms with E-state index in [1.165, 1.54) is 0 Å². The number of sulfonamides is 1. The van der Waals surface area contributed by atoms with Crippen LogP contribution in [0.4, 0.5) is 45.2 Å². The van der Waals surface area contributed by atoms with Crippen LogP contribution in [0, 0.1) is 5.82 Å². The van der Waals surface area contributed by atoms with Gasteiger partial charge in [-0.2, -0.15) is 26.3 Å². The molecule has 236 valence electrons. The Bertz CT molecular complexity index is 1510. The molecule has 2 atom stereocenters. The molecule has 1 saturated heterocycles. The van der Waals surface area contributed by atoms with Crippen LogP contribution in [0.15, 0.2) is 47.4 Å². The molecule has 2 aromatic carbocycles. The minimum absolute atomic E-state index is 0.224. The van der Waals surface area contributed by atoms with Crippen molar-refractivity contribution in [2.24, 2.45) is 5.73 Å². The molecule has 1 fully saturated rings. The topological polar surface area (TPSA) is 121 Å². The summed E-state index contributed by atoms with van der Waals surface area (Å²) in [7, 11) is -4.82. The summed E-state index contributed by atoms with van der Waals surface area (Å²) in [5.41, 5.74) is -2.66. The molecule has 43 heavy (non-hydrogen) atoms. The lowest BCUT2D eigenvalue weighted by Crippen LogP contribution is -2.54. The molecule has 0 spiro atoms. The van der Waals surface area contributed by atoms with Crippen LogP contribution in [0.3, 0.4) is 0 Å². The molecule has 4 rings (SSSR count). The maximum Gasteiger partial charge on any atom is 0.430 e. The van der Waals surface area contributed by atoms with E-state index in [0.717, 1.165) is 24.3 Å². The van der Waals surface area contributed by atoms with Gasteiger partial charge in [0.05, 0.1) is 23.2 Å². The number of amides is 2. The number of alkyl halides is 8. The van der Waals surface area contributed by atoms with E-state index in [1.807, 2.05) is 0 Å². The molecule has 2 amide bonds. The zero-order valence-corrected chi connectivity index (χ0v) is 22.4. The summed E-state index contributed by atoms with van der Waals surface area (Å²) >= 11 is 0. The van der Waals surface area contributed by atoms with Crippen molar-refractivity contribution in [2.45, 2.75) is 66.5 Å². The molecule has 0 bridgehead atoms. The Hall–Kier alpha value is -3.54. The van der Waals surface area contributed by atoms with Gasteiger partial charge < -0.3 is 15.7 Å².